The maximum Gasteiger partial charge on any atom is 0.410 e. The van der Waals surface area contributed by atoms with Gasteiger partial charge in [0.05, 0.1) is 6.20 Å². The van der Waals surface area contributed by atoms with E-state index in [1.165, 1.54) is 5.56 Å². The first kappa shape index (κ1) is 16.3. The molecule has 128 valence electrons. The smallest absolute Gasteiger partial charge is 0.410 e. The lowest BCUT2D eigenvalue weighted by molar-refractivity contribution is 0.0269. The summed E-state index contributed by atoms with van der Waals surface area (Å²) in [5.74, 6) is 1.12. The zero-order valence-corrected chi connectivity index (χ0v) is 14.7. The molecule has 3 atom stereocenters. The fraction of sp³-hybridized carbons (Fsp3) is 0.765. The van der Waals surface area contributed by atoms with Gasteiger partial charge in [-0.1, -0.05) is 0 Å². The Labute approximate surface area is 138 Å². The SMILES string of the molecule is CCn1cc(C(C)NC2C3CN(C(=O)OC(C)(C)C)CC32)cn1. The lowest BCUT2D eigenvalue weighted by atomic mass is 10.2. The van der Waals surface area contributed by atoms with Crippen molar-refractivity contribution in [3.8, 4) is 0 Å². The van der Waals surface area contributed by atoms with Crippen molar-refractivity contribution in [3.05, 3.63) is 18.0 Å². The van der Waals surface area contributed by atoms with Gasteiger partial charge in [0.25, 0.3) is 0 Å². The minimum absolute atomic E-state index is 0.180. The second-order valence-electron chi connectivity index (χ2n) is 7.76. The lowest BCUT2D eigenvalue weighted by Crippen LogP contribution is -2.39. The third-order valence-corrected chi connectivity index (χ3v) is 4.77. The van der Waals surface area contributed by atoms with Gasteiger partial charge in [-0.15, -0.1) is 0 Å². The van der Waals surface area contributed by atoms with Crippen LogP contribution in [0.25, 0.3) is 0 Å². The molecule has 6 nitrogen and oxygen atoms in total. The molecule has 3 rings (SSSR count). The molecule has 0 aromatic carbocycles. The number of ether oxygens (including phenoxy) is 1. The predicted molar refractivity (Wildman–Crippen MR) is 88.0 cm³/mol. The Hall–Kier alpha value is -1.56. The number of nitrogens with zero attached hydrogens (tertiary/aromatic N) is 3. The van der Waals surface area contributed by atoms with Gasteiger partial charge in [-0.3, -0.25) is 4.68 Å². The van der Waals surface area contributed by atoms with Crippen LogP contribution in [0.5, 0.6) is 0 Å². The van der Waals surface area contributed by atoms with Gasteiger partial charge in [-0.2, -0.15) is 5.10 Å². The zero-order valence-electron chi connectivity index (χ0n) is 14.7. The van der Waals surface area contributed by atoms with E-state index in [-0.39, 0.29) is 6.09 Å². The summed E-state index contributed by atoms with van der Waals surface area (Å²) in [5, 5.41) is 8.02. The quantitative estimate of drug-likeness (QED) is 0.925. The van der Waals surface area contributed by atoms with E-state index < -0.39 is 5.60 Å². The van der Waals surface area contributed by atoms with Crippen molar-refractivity contribution >= 4 is 6.09 Å². The van der Waals surface area contributed by atoms with Crippen LogP contribution in [-0.4, -0.2) is 45.5 Å². The Morgan fingerprint density at radius 2 is 2.09 bits per heavy atom. The first-order chi connectivity index (χ1) is 10.8. The summed E-state index contributed by atoms with van der Waals surface area (Å²) in [4.78, 5) is 13.9. The predicted octanol–water partition coefficient (Wildman–Crippen LogP) is 2.42. The van der Waals surface area contributed by atoms with Gasteiger partial charge in [0.15, 0.2) is 0 Å². The minimum Gasteiger partial charge on any atom is -0.444 e. The van der Waals surface area contributed by atoms with Crippen molar-refractivity contribution < 1.29 is 9.53 Å². The molecule has 1 aliphatic heterocycles. The first-order valence-corrected chi connectivity index (χ1v) is 8.55. The fourth-order valence-corrected chi connectivity index (χ4v) is 3.41. The van der Waals surface area contributed by atoms with Gasteiger partial charge in [0.1, 0.15) is 5.60 Å². The maximum absolute atomic E-state index is 12.1. The number of aromatic nitrogens is 2. The van der Waals surface area contributed by atoms with Crippen LogP contribution in [0.3, 0.4) is 0 Å². The van der Waals surface area contributed by atoms with E-state index in [9.17, 15) is 4.79 Å². The topological polar surface area (TPSA) is 59.4 Å². The van der Waals surface area contributed by atoms with Crippen molar-refractivity contribution in [2.24, 2.45) is 11.8 Å². The molecule has 1 saturated carbocycles. The number of carbonyl (C=O) groups is 1. The van der Waals surface area contributed by atoms with E-state index in [1.54, 1.807) is 0 Å². The van der Waals surface area contributed by atoms with Crippen LogP contribution in [0.2, 0.25) is 0 Å². The molecule has 2 fully saturated rings. The molecular weight excluding hydrogens is 292 g/mol. The Morgan fingerprint density at radius 1 is 1.43 bits per heavy atom. The number of rotatable bonds is 4. The second kappa shape index (κ2) is 5.82. The van der Waals surface area contributed by atoms with Gasteiger partial charge in [0.2, 0.25) is 0 Å². The molecule has 0 spiro atoms. The molecule has 0 radical (unpaired) electrons. The number of likely N-dealkylation sites (tertiary alicyclic amines) is 1. The van der Waals surface area contributed by atoms with Gasteiger partial charge in [-0.05, 0) is 46.5 Å². The number of nitrogens with one attached hydrogen (secondary N) is 1. The van der Waals surface area contributed by atoms with Crippen LogP contribution in [0, 0.1) is 11.8 Å². The average Bonchev–Trinajstić information content (AvgIpc) is 2.91. The third-order valence-electron chi connectivity index (χ3n) is 4.77. The lowest BCUT2D eigenvalue weighted by Gasteiger charge is -2.26. The Kier molecular flexibility index (Phi) is 4.12. The van der Waals surface area contributed by atoms with Crippen molar-refractivity contribution in [2.45, 2.75) is 58.8 Å². The van der Waals surface area contributed by atoms with E-state index in [0.717, 1.165) is 19.6 Å². The zero-order chi connectivity index (χ0) is 16.8. The van der Waals surface area contributed by atoms with Crippen LogP contribution in [-0.2, 0) is 11.3 Å². The molecule has 1 aliphatic carbocycles. The second-order valence-corrected chi connectivity index (χ2v) is 7.76. The van der Waals surface area contributed by atoms with Crippen LogP contribution in [0.1, 0.15) is 46.2 Å². The van der Waals surface area contributed by atoms with Crippen LogP contribution >= 0.6 is 0 Å². The largest absolute Gasteiger partial charge is 0.444 e. The molecular formula is C17H28N4O2. The number of fused-ring (bicyclic) bond motifs is 1. The molecule has 0 bridgehead atoms. The number of carbonyl (C=O) groups excluding carboxylic acids is 1. The fourth-order valence-electron chi connectivity index (χ4n) is 3.41. The Bertz CT molecular complexity index is 565. The first-order valence-electron chi connectivity index (χ1n) is 8.55. The third kappa shape index (κ3) is 3.52. The van der Waals surface area contributed by atoms with E-state index in [2.05, 4.69) is 30.5 Å². The molecule has 1 aromatic heterocycles. The molecule has 1 amide bonds. The Morgan fingerprint density at radius 3 is 2.61 bits per heavy atom. The van der Waals surface area contributed by atoms with E-state index in [1.807, 2.05) is 36.5 Å². The molecule has 23 heavy (non-hydrogen) atoms. The standard InChI is InChI=1S/C17H28N4O2/c1-6-21-8-12(7-18-21)11(2)19-15-13-9-20(10-14(13)15)16(22)23-17(3,4)5/h7-8,11,13-15,19H,6,9-10H2,1-5H3. The normalized spacial score (nSPS) is 27.7. The van der Waals surface area contributed by atoms with Crippen LogP contribution < -0.4 is 5.32 Å². The molecule has 1 saturated heterocycles. The minimum atomic E-state index is -0.421. The van der Waals surface area contributed by atoms with Gasteiger partial charge < -0.3 is 15.0 Å². The van der Waals surface area contributed by atoms with Gasteiger partial charge in [0, 0.05) is 43.5 Å². The van der Waals surface area contributed by atoms with Gasteiger partial charge >= 0.3 is 6.09 Å². The summed E-state index contributed by atoms with van der Waals surface area (Å²) in [6.45, 7) is 12.5. The highest BCUT2D eigenvalue weighted by molar-refractivity contribution is 5.69. The van der Waals surface area contributed by atoms with Gasteiger partial charge in [-0.25, -0.2) is 4.79 Å². The monoisotopic (exact) mass is 320 g/mol. The Balaban J connectivity index is 1.47. The van der Waals surface area contributed by atoms with E-state index >= 15 is 0 Å². The van der Waals surface area contributed by atoms with Crippen molar-refractivity contribution in [2.75, 3.05) is 13.1 Å². The molecule has 1 aromatic rings. The molecule has 1 N–H and O–H groups in total. The molecule has 2 aliphatic rings. The highest BCUT2D eigenvalue weighted by atomic mass is 16.6. The van der Waals surface area contributed by atoms with E-state index in [0.29, 0.717) is 23.9 Å². The van der Waals surface area contributed by atoms with Crippen molar-refractivity contribution in [3.63, 3.8) is 0 Å². The summed E-state index contributed by atoms with van der Waals surface area (Å²) < 4.78 is 7.40. The number of hydrogen-bond donors (Lipinski definition) is 1. The van der Waals surface area contributed by atoms with Crippen LogP contribution in [0.4, 0.5) is 4.79 Å². The van der Waals surface area contributed by atoms with Crippen molar-refractivity contribution in [1.29, 1.82) is 0 Å². The number of piperidine rings is 1. The number of aryl methyl sites for hydroxylation is 1. The maximum atomic E-state index is 12.1. The molecule has 6 heteroatoms. The summed E-state index contributed by atoms with van der Waals surface area (Å²) >= 11 is 0. The number of hydrogen-bond acceptors (Lipinski definition) is 4. The summed E-state index contributed by atoms with van der Waals surface area (Å²) in [6.07, 6.45) is 3.86. The highest BCUT2D eigenvalue weighted by Crippen LogP contribution is 2.46. The molecule has 3 unspecified atom stereocenters. The average molecular weight is 320 g/mol. The summed E-state index contributed by atoms with van der Waals surface area (Å²) in [5.41, 5.74) is 0.802. The van der Waals surface area contributed by atoms with Crippen molar-refractivity contribution in [1.82, 2.24) is 20.0 Å². The van der Waals surface area contributed by atoms with E-state index in [4.69, 9.17) is 4.74 Å². The highest BCUT2D eigenvalue weighted by Gasteiger charge is 2.57. The summed E-state index contributed by atoms with van der Waals surface area (Å²) in [6, 6.07) is 0.800. The molecule has 2 heterocycles. The van der Waals surface area contributed by atoms with Crippen LogP contribution in [0.15, 0.2) is 12.4 Å². The summed E-state index contributed by atoms with van der Waals surface area (Å²) in [7, 11) is 0. The number of amides is 1.